The normalized spacial score (nSPS) is 20.9. The zero-order valence-corrected chi connectivity index (χ0v) is 12.6. The van der Waals surface area contributed by atoms with E-state index in [0.29, 0.717) is 25.2 Å². The molecule has 0 bridgehead atoms. The maximum atomic E-state index is 11.9. The molecule has 1 aliphatic carbocycles. The number of hydrogen-bond donors (Lipinski definition) is 2. The van der Waals surface area contributed by atoms with Gasteiger partial charge in [0.2, 0.25) is 5.91 Å². The van der Waals surface area contributed by atoms with Crippen molar-refractivity contribution >= 4 is 11.9 Å². The van der Waals surface area contributed by atoms with Crippen LogP contribution in [0.25, 0.3) is 0 Å². The first-order valence-electron chi connectivity index (χ1n) is 7.54. The Balaban J connectivity index is 1.77. The van der Waals surface area contributed by atoms with E-state index in [2.05, 4.69) is 31.3 Å². The Labute approximate surface area is 125 Å². The maximum Gasteiger partial charge on any atom is 0.306 e. The number of carboxylic acid groups (broad SMARTS) is 1. The van der Waals surface area contributed by atoms with Crippen molar-refractivity contribution in [1.82, 2.24) is 5.32 Å². The van der Waals surface area contributed by atoms with Crippen molar-refractivity contribution in [3.8, 4) is 0 Å². The fraction of sp³-hybridized carbons (Fsp3) is 0.529. The van der Waals surface area contributed by atoms with E-state index in [1.807, 2.05) is 12.1 Å². The molecule has 1 aromatic carbocycles. The molecule has 2 N–H and O–H groups in total. The molecule has 1 fully saturated rings. The molecule has 0 heterocycles. The molecule has 1 saturated carbocycles. The minimum Gasteiger partial charge on any atom is -0.481 e. The van der Waals surface area contributed by atoms with Crippen molar-refractivity contribution in [2.75, 3.05) is 0 Å². The van der Waals surface area contributed by atoms with Crippen molar-refractivity contribution in [1.29, 1.82) is 0 Å². The molecule has 114 valence electrons. The van der Waals surface area contributed by atoms with Gasteiger partial charge < -0.3 is 10.4 Å². The Hall–Kier alpha value is -1.84. The van der Waals surface area contributed by atoms with Crippen molar-refractivity contribution in [2.24, 2.45) is 11.8 Å². The van der Waals surface area contributed by atoms with Crippen LogP contribution in [0.4, 0.5) is 0 Å². The van der Waals surface area contributed by atoms with Crippen molar-refractivity contribution < 1.29 is 14.7 Å². The Morgan fingerprint density at radius 2 is 1.76 bits per heavy atom. The van der Waals surface area contributed by atoms with E-state index in [9.17, 15) is 9.59 Å². The first-order chi connectivity index (χ1) is 9.94. The zero-order chi connectivity index (χ0) is 15.4. The van der Waals surface area contributed by atoms with Gasteiger partial charge in [0.05, 0.1) is 12.3 Å². The number of benzene rings is 1. The summed E-state index contributed by atoms with van der Waals surface area (Å²) in [5, 5.41) is 11.7. The number of nitrogens with one attached hydrogen (secondary N) is 1. The van der Waals surface area contributed by atoms with Gasteiger partial charge in [-0.1, -0.05) is 38.1 Å². The molecule has 0 atom stereocenters. The highest BCUT2D eigenvalue weighted by Gasteiger charge is 2.35. The standard InChI is InChI=1S/C17H23NO3/c1-11(2)7-12-3-5-13(6-4-12)8-16(19)18-15-9-14(10-15)17(20)21/h3-6,11,14-15H,7-10H2,1-2H3,(H,18,19)(H,20,21). The van der Waals surface area contributed by atoms with E-state index >= 15 is 0 Å². The van der Waals surface area contributed by atoms with Gasteiger partial charge in [0.15, 0.2) is 0 Å². The lowest BCUT2D eigenvalue weighted by molar-refractivity contribution is -0.146. The highest BCUT2D eigenvalue weighted by Crippen LogP contribution is 2.27. The largest absolute Gasteiger partial charge is 0.481 e. The van der Waals surface area contributed by atoms with Crippen LogP contribution in [-0.2, 0) is 22.4 Å². The van der Waals surface area contributed by atoms with Gasteiger partial charge in [-0.3, -0.25) is 9.59 Å². The Morgan fingerprint density at radius 1 is 1.19 bits per heavy atom. The molecule has 21 heavy (non-hydrogen) atoms. The highest BCUT2D eigenvalue weighted by atomic mass is 16.4. The lowest BCUT2D eigenvalue weighted by Crippen LogP contribution is -2.47. The number of amides is 1. The second kappa shape index (κ2) is 6.74. The smallest absolute Gasteiger partial charge is 0.306 e. The number of carbonyl (C=O) groups excluding carboxylic acids is 1. The topological polar surface area (TPSA) is 66.4 Å². The lowest BCUT2D eigenvalue weighted by atomic mass is 9.80. The summed E-state index contributed by atoms with van der Waals surface area (Å²) in [7, 11) is 0. The van der Waals surface area contributed by atoms with E-state index in [0.717, 1.165) is 12.0 Å². The molecule has 4 heteroatoms. The predicted octanol–water partition coefficient (Wildman–Crippen LogP) is 2.41. The van der Waals surface area contributed by atoms with Crippen molar-refractivity contribution in [3.05, 3.63) is 35.4 Å². The van der Waals surface area contributed by atoms with Gasteiger partial charge in [-0.15, -0.1) is 0 Å². The minimum absolute atomic E-state index is 0.0267. The lowest BCUT2D eigenvalue weighted by Gasteiger charge is -2.32. The monoisotopic (exact) mass is 289 g/mol. The van der Waals surface area contributed by atoms with E-state index in [-0.39, 0.29) is 17.9 Å². The molecule has 1 amide bonds. The molecule has 1 aromatic rings. The maximum absolute atomic E-state index is 11.9. The van der Waals surface area contributed by atoms with Gasteiger partial charge >= 0.3 is 5.97 Å². The molecular formula is C17H23NO3. The predicted molar refractivity (Wildman–Crippen MR) is 81.0 cm³/mol. The van der Waals surface area contributed by atoms with Crippen molar-refractivity contribution in [3.63, 3.8) is 0 Å². The van der Waals surface area contributed by atoms with Gasteiger partial charge in [-0.25, -0.2) is 0 Å². The summed E-state index contributed by atoms with van der Waals surface area (Å²) >= 11 is 0. The number of carboxylic acids is 1. The van der Waals surface area contributed by atoms with Gasteiger partial charge in [-0.2, -0.15) is 0 Å². The van der Waals surface area contributed by atoms with Crippen LogP contribution < -0.4 is 5.32 Å². The van der Waals surface area contributed by atoms with E-state index < -0.39 is 5.97 Å². The van der Waals surface area contributed by atoms with Crippen LogP contribution in [0.15, 0.2) is 24.3 Å². The van der Waals surface area contributed by atoms with E-state index in [4.69, 9.17) is 5.11 Å². The van der Waals surface area contributed by atoms with E-state index in [1.54, 1.807) is 0 Å². The molecule has 0 aliphatic heterocycles. The highest BCUT2D eigenvalue weighted by molar-refractivity contribution is 5.79. The van der Waals surface area contributed by atoms with Crippen LogP contribution in [0, 0.1) is 11.8 Å². The third-order valence-electron chi connectivity index (χ3n) is 3.88. The van der Waals surface area contributed by atoms with E-state index in [1.165, 1.54) is 5.56 Å². The number of hydrogen-bond acceptors (Lipinski definition) is 2. The molecule has 2 rings (SSSR count). The summed E-state index contributed by atoms with van der Waals surface area (Å²) in [5.41, 5.74) is 2.28. The quantitative estimate of drug-likeness (QED) is 0.845. The first kappa shape index (κ1) is 15.5. The van der Waals surface area contributed by atoms with Crippen LogP contribution in [0.2, 0.25) is 0 Å². The Morgan fingerprint density at radius 3 is 2.29 bits per heavy atom. The second-order valence-electron chi connectivity index (χ2n) is 6.36. The molecule has 0 saturated heterocycles. The van der Waals surface area contributed by atoms with Crippen LogP contribution >= 0.6 is 0 Å². The van der Waals surface area contributed by atoms with Crippen LogP contribution in [-0.4, -0.2) is 23.0 Å². The summed E-state index contributed by atoms with van der Waals surface area (Å²) < 4.78 is 0. The van der Waals surface area contributed by atoms with Gasteiger partial charge in [0.1, 0.15) is 0 Å². The molecule has 0 radical (unpaired) electrons. The Bertz CT molecular complexity index is 501. The molecule has 4 nitrogen and oxygen atoms in total. The zero-order valence-electron chi connectivity index (χ0n) is 12.6. The van der Waals surface area contributed by atoms with Crippen LogP contribution in [0.1, 0.15) is 37.8 Å². The van der Waals surface area contributed by atoms with Gasteiger partial charge in [-0.05, 0) is 36.3 Å². The minimum atomic E-state index is -0.763. The summed E-state index contributed by atoms with van der Waals surface area (Å²) in [6.45, 7) is 4.37. The SMILES string of the molecule is CC(C)Cc1ccc(CC(=O)NC2CC(C(=O)O)C2)cc1. The second-order valence-corrected chi connectivity index (χ2v) is 6.36. The number of aliphatic carboxylic acids is 1. The summed E-state index contributed by atoms with van der Waals surface area (Å²) in [6.07, 6.45) is 2.50. The third kappa shape index (κ3) is 4.59. The molecule has 1 aliphatic rings. The van der Waals surface area contributed by atoms with Crippen molar-refractivity contribution in [2.45, 2.75) is 45.6 Å². The first-order valence-corrected chi connectivity index (χ1v) is 7.54. The summed E-state index contributed by atoms with van der Waals surface area (Å²) in [6, 6.07) is 8.17. The molecule has 0 unspecified atom stereocenters. The van der Waals surface area contributed by atoms with Gasteiger partial charge in [0.25, 0.3) is 0 Å². The average molecular weight is 289 g/mol. The molecule has 0 aromatic heterocycles. The molecule has 0 spiro atoms. The third-order valence-corrected chi connectivity index (χ3v) is 3.88. The number of rotatable bonds is 6. The van der Waals surface area contributed by atoms with Crippen LogP contribution in [0.3, 0.4) is 0 Å². The Kier molecular flexibility index (Phi) is 4.99. The number of carbonyl (C=O) groups is 2. The summed E-state index contributed by atoms with van der Waals surface area (Å²) in [4.78, 5) is 22.6. The van der Waals surface area contributed by atoms with Crippen LogP contribution in [0.5, 0.6) is 0 Å². The average Bonchev–Trinajstić information content (AvgIpc) is 2.34. The fourth-order valence-electron chi connectivity index (χ4n) is 2.67. The molecular weight excluding hydrogens is 266 g/mol. The summed E-state index contributed by atoms with van der Waals surface area (Å²) in [5.74, 6) is -0.452. The van der Waals surface area contributed by atoms with Gasteiger partial charge in [0, 0.05) is 6.04 Å². The fourth-order valence-corrected chi connectivity index (χ4v) is 2.67.